The van der Waals surface area contributed by atoms with Crippen LogP contribution in [0.15, 0.2) is 66.4 Å². The number of Topliss-reactive ketones (excluding diaryl/α,β-unsaturated/α-hetero) is 2. The average molecular weight is 371 g/mol. The van der Waals surface area contributed by atoms with Crippen molar-refractivity contribution in [2.45, 2.75) is 25.5 Å². The highest BCUT2D eigenvalue weighted by atomic mass is 16.5. The Bertz CT molecular complexity index is 1160. The van der Waals surface area contributed by atoms with Gasteiger partial charge in [-0.05, 0) is 13.8 Å². The number of fused-ring (bicyclic) bond motifs is 2. The van der Waals surface area contributed by atoms with Gasteiger partial charge in [0.05, 0.1) is 17.5 Å². The van der Waals surface area contributed by atoms with Gasteiger partial charge in [-0.15, -0.1) is 5.10 Å². The quantitative estimate of drug-likeness (QED) is 0.645. The van der Waals surface area contributed by atoms with Crippen LogP contribution in [0, 0.1) is 0 Å². The van der Waals surface area contributed by atoms with Crippen LogP contribution in [0.2, 0.25) is 0 Å². The van der Waals surface area contributed by atoms with Crippen molar-refractivity contribution in [1.82, 2.24) is 15.0 Å². The number of aromatic nitrogens is 3. The second-order valence-corrected chi connectivity index (χ2v) is 7.48. The number of benzene rings is 2. The molecule has 1 aromatic heterocycles. The summed E-state index contributed by atoms with van der Waals surface area (Å²) < 4.78 is 7.93. The van der Waals surface area contributed by atoms with E-state index < -0.39 is 23.2 Å². The summed E-state index contributed by atoms with van der Waals surface area (Å²) in [5, 5.41) is 8.34. The molecule has 0 N–H and O–H groups in total. The maximum absolute atomic E-state index is 13.1. The van der Waals surface area contributed by atoms with E-state index in [9.17, 15) is 9.59 Å². The second kappa shape index (κ2) is 5.73. The van der Waals surface area contributed by atoms with Crippen molar-refractivity contribution in [3.63, 3.8) is 0 Å². The van der Waals surface area contributed by atoms with Crippen LogP contribution in [-0.2, 0) is 9.53 Å². The number of hydrogen-bond donors (Lipinski definition) is 0. The fraction of sp³-hybridized carbons (Fsp3) is 0.182. The van der Waals surface area contributed by atoms with Crippen molar-refractivity contribution in [2.24, 2.45) is 0 Å². The Morgan fingerprint density at radius 2 is 1.61 bits per heavy atom. The van der Waals surface area contributed by atoms with Crippen LogP contribution in [-0.4, -0.2) is 32.2 Å². The summed E-state index contributed by atoms with van der Waals surface area (Å²) in [5.74, 6) is -0.592. The Hall–Kier alpha value is -3.54. The molecule has 138 valence electrons. The monoisotopic (exact) mass is 371 g/mol. The van der Waals surface area contributed by atoms with Gasteiger partial charge in [-0.1, -0.05) is 59.8 Å². The van der Waals surface area contributed by atoms with Crippen LogP contribution >= 0.6 is 0 Å². The van der Waals surface area contributed by atoms with E-state index in [0.29, 0.717) is 22.5 Å². The van der Waals surface area contributed by atoms with Crippen molar-refractivity contribution in [2.75, 3.05) is 0 Å². The van der Waals surface area contributed by atoms with Crippen LogP contribution in [0.1, 0.15) is 35.8 Å². The smallest absolute Gasteiger partial charge is 0.235 e. The highest BCUT2D eigenvalue weighted by molar-refractivity contribution is 6.52. The lowest BCUT2D eigenvalue weighted by molar-refractivity contribution is -0.112. The summed E-state index contributed by atoms with van der Waals surface area (Å²) in [4.78, 5) is 25.8. The summed E-state index contributed by atoms with van der Waals surface area (Å²) in [6.07, 6.45) is 1.66. The van der Waals surface area contributed by atoms with Gasteiger partial charge in [0, 0.05) is 16.7 Å². The van der Waals surface area contributed by atoms with E-state index in [1.165, 1.54) is 0 Å². The van der Waals surface area contributed by atoms with E-state index in [-0.39, 0.29) is 0 Å². The van der Waals surface area contributed by atoms with Gasteiger partial charge in [-0.25, -0.2) is 4.68 Å². The molecule has 2 aliphatic rings. The molecule has 1 atom stereocenters. The van der Waals surface area contributed by atoms with E-state index in [1.54, 1.807) is 23.0 Å². The molecule has 1 unspecified atom stereocenters. The molecule has 2 heterocycles. The van der Waals surface area contributed by atoms with Crippen molar-refractivity contribution >= 4 is 17.3 Å². The molecule has 6 nitrogen and oxygen atoms in total. The van der Waals surface area contributed by atoms with Crippen molar-refractivity contribution in [3.8, 4) is 11.3 Å². The highest BCUT2D eigenvalue weighted by Crippen LogP contribution is 2.50. The topological polar surface area (TPSA) is 74.1 Å². The van der Waals surface area contributed by atoms with Gasteiger partial charge in [0.25, 0.3) is 0 Å². The number of ether oxygens (including phenoxy) is 1. The van der Waals surface area contributed by atoms with Gasteiger partial charge in [-0.2, -0.15) is 0 Å². The summed E-state index contributed by atoms with van der Waals surface area (Å²) in [6.45, 7) is 3.79. The lowest BCUT2D eigenvalue weighted by atomic mass is 9.83. The summed E-state index contributed by atoms with van der Waals surface area (Å²) in [5.41, 5.74) is 2.28. The molecule has 2 aromatic carbocycles. The average Bonchev–Trinajstić information content (AvgIpc) is 3.28. The molecular formula is C22H17N3O3. The molecular weight excluding hydrogens is 354 g/mol. The number of carbonyl (C=O) groups is 2. The SMILES string of the molecule is CC1(C)OC2=C(C(=O)C(=O)c3ccccc32)C1n1nncc1-c1ccccc1. The zero-order chi connectivity index (χ0) is 19.5. The first kappa shape index (κ1) is 16.6. The first-order valence-corrected chi connectivity index (χ1v) is 9.06. The summed E-state index contributed by atoms with van der Waals surface area (Å²) >= 11 is 0. The number of nitrogens with zero attached hydrogens (tertiary/aromatic N) is 3. The third-order valence-electron chi connectivity index (χ3n) is 5.30. The van der Waals surface area contributed by atoms with Gasteiger partial charge in [0.1, 0.15) is 17.4 Å². The van der Waals surface area contributed by atoms with Gasteiger partial charge in [0.15, 0.2) is 0 Å². The molecule has 0 spiro atoms. The molecule has 0 saturated heterocycles. The van der Waals surface area contributed by atoms with Crippen LogP contribution in [0.5, 0.6) is 0 Å². The van der Waals surface area contributed by atoms with Gasteiger partial charge >= 0.3 is 0 Å². The zero-order valence-electron chi connectivity index (χ0n) is 15.4. The van der Waals surface area contributed by atoms with Crippen LogP contribution in [0.3, 0.4) is 0 Å². The maximum Gasteiger partial charge on any atom is 0.235 e. The first-order chi connectivity index (χ1) is 13.5. The van der Waals surface area contributed by atoms with E-state index >= 15 is 0 Å². The minimum Gasteiger partial charge on any atom is -0.484 e. The van der Waals surface area contributed by atoms with E-state index in [0.717, 1.165) is 11.3 Å². The standard InChI is InChI=1S/C22H17N3O3/c1-22(2)21(25-16(12-23-24-25)13-8-4-3-5-9-13)17-19(27)18(26)14-10-6-7-11-15(14)20(17)28-22/h3-12,21H,1-2H3. The molecule has 3 aromatic rings. The van der Waals surface area contributed by atoms with Crippen molar-refractivity contribution < 1.29 is 14.3 Å². The van der Waals surface area contributed by atoms with Gasteiger partial charge < -0.3 is 4.74 Å². The minimum absolute atomic E-state index is 0.344. The molecule has 0 bridgehead atoms. The Balaban J connectivity index is 1.74. The van der Waals surface area contributed by atoms with Gasteiger partial charge in [-0.3, -0.25) is 9.59 Å². The Labute approximate surface area is 161 Å². The Morgan fingerprint density at radius 1 is 0.929 bits per heavy atom. The first-order valence-electron chi connectivity index (χ1n) is 9.06. The Kier molecular flexibility index (Phi) is 3.40. The number of rotatable bonds is 2. The van der Waals surface area contributed by atoms with E-state index in [2.05, 4.69) is 10.3 Å². The molecule has 1 aliphatic heterocycles. The minimum atomic E-state index is -0.782. The van der Waals surface area contributed by atoms with Gasteiger partial charge in [0.2, 0.25) is 11.6 Å². The highest BCUT2D eigenvalue weighted by Gasteiger charge is 2.52. The third-order valence-corrected chi connectivity index (χ3v) is 5.30. The van der Waals surface area contributed by atoms with E-state index in [1.807, 2.05) is 56.3 Å². The number of ketones is 2. The molecule has 6 heteroatoms. The molecule has 0 fully saturated rings. The molecule has 5 rings (SSSR count). The molecule has 28 heavy (non-hydrogen) atoms. The fourth-order valence-electron chi connectivity index (χ4n) is 4.06. The van der Waals surface area contributed by atoms with Crippen molar-refractivity contribution in [3.05, 3.63) is 77.5 Å². The van der Waals surface area contributed by atoms with Crippen LogP contribution in [0.4, 0.5) is 0 Å². The summed E-state index contributed by atoms with van der Waals surface area (Å²) in [6, 6.07) is 16.2. The molecule has 0 radical (unpaired) electrons. The number of carbonyl (C=O) groups excluding carboxylic acids is 2. The normalized spacial score (nSPS) is 20.0. The molecule has 1 aliphatic carbocycles. The second-order valence-electron chi connectivity index (χ2n) is 7.48. The fourth-order valence-corrected chi connectivity index (χ4v) is 4.06. The number of hydrogen-bond acceptors (Lipinski definition) is 5. The zero-order valence-corrected chi connectivity index (χ0v) is 15.4. The predicted octanol–water partition coefficient (Wildman–Crippen LogP) is 3.47. The summed E-state index contributed by atoms with van der Waals surface area (Å²) in [7, 11) is 0. The third kappa shape index (κ3) is 2.21. The van der Waals surface area contributed by atoms with Crippen LogP contribution < -0.4 is 0 Å². The lowest BCUT2D eigenvalue weighted by Gasteiger charge is -2.28. The largest absolute Gasteiger partial charge is 0.484 e. The van der Waals surface area contributed by atoms with Crippen LogP contribution in [0.25, 0.3) is 17.0 Å². The predicted molar refractivity (Wildman–Crippen MR) is 102 cm³/mol. The Morgan fingerprint density at radius 3 is 2.36 bits per heavy atom. The molecule has 0 saturated carbocycles. The van der Waals surface area contributed by atoms with Crippen molar-refractivity contribution in [1.29, 1.82) is 0 Å². The maximum atomic E-state index is 13.1. The lowest BCUT2D eigenvalue weighted by Crippen LogP contribution is -2.36. The molecule has 0 amide bonds. The van der Waals surface area contributed by atoms with E-state index in [4.69, 9.17) is 4.74 Å².